The Kier molecular flexibility index (Phi) is 4.03. The van der Waals surface area contributed by atoms with Gasteiger partial charge in [-0.3, -0.25) is 9.48 Å². The molecule has 2 heterocycles. The largest absolute Gasteiger partial charge is 0.394 e. The van der Waals surface area contributed by atoms with Crippen LogP contribution in [0.25, 0.3) is 0 Å². The van der Waals surface area contributed by atoms with E-state index in [9.17, 15) is 4.79 Å². The van der Waals surface area contributed by atoms with Gasteiger partial charge in [0.05, 0.1) is 31.4 Å². The number of aliphatic hydroxyl groups is 1. The van der Waals surface area contributed by atoms with Gasteiger partial charge in [0.15, 0.2) is 0 Å². The lowest BCUT2D eigenvalue weighted by Gasteiger charge is -2.25. The number of aliphatic hydroxyl groups excluding tert-OH is 1. The zero-order valence-corrected chi connectivity index (χ0v) is 11.6. The van der Waals surface area contributed by atoms with Crippen LogP contribution >= 0.6 is 0 Å². The van der Waals surface area contributed by atoms with Crippen LogP contribution in [-0.4, -0.2) is 40.0 Å². The van der Waals surface area contributed by atoms with E-state index in [0.29, 0.717) is 6.54 Å². The third-order valence-electron chi connectivity index (χ3n) is 4.27. The smallest absolute Gasteiger partial charge is 0.237 e. The predicted octanol–water partition coefficient (Wildman–Crippen LogP) is 0.121. The highest BCUT2D eigenvalue weighted by molar-refractivity contribution is 5.82. The van der Waals surface area contributed by atoms with Crippen LogP contribution in [0, 0.1) is 0 Å². The van der Waals surface area contributed by atoms with Gasteiger partial charge in [-0.15, -0.1) is 0 Å². The number of carbonyl (C=O) groups is 1. The van der Waals surface area contributed by atoms with Gasteiger partial charge in [-0.05, 0) is 38.6 Å². The number of carbonyl (C=O) groups excluding carboxylic acids is 1. The molecule has 2 aliphatic rings. The Hall–Kier alpha value is -1.40. The van der Waals surface area contributed by atoms with Crippen molar-refractivity contribution in [1.82, 2.24) is 20.4 Å². The molecule has 1 fully saturated rings. The Balaban J connectivity index is 1.71. The van der Waals surface area contributed by atoms with Crippen molar-refractivity contribution >= 4 is 5.91 Å². The number of hydrogen-bond acceptors (Lipinski definition) is 4. The molecule has 1 saturated heterocycles. The molecule has 1 amide bonds. The second-order valence-corrected chi connectivity index (χ2v) is 5.60. The second-order valence-electron chi connectivity index (χ2n) is 5.60. The number of rotatable bonds is 4. The molecule has 0 spiro atoms. The molecular formula is C14H22N4O2. The molecule has 3 N–H and O–H groups in total. The molecule has 1 aromatic heterocycles. The maximum atomic E-state index is 12.2. The highest BCUT2D eigenvalue weighted by Gasteiger charge is 2.29. The first-order valence-electron chi connectivity index (χ1n) is 7.49. The number of hydrogen-bond donors (Lipinski definition) is 3. The summed E-state index contributed by atoms with van der Waals surface area (Å²) in [6.07, 6.45) is 6.83. The lowest BCUT2D eigenvalue weighted by molar-refractivity contribution is -0.123. The van der Waals surface area contributed by atoms with E-state index >= 15 is 0 Å². The Morgan fingerprint density at radius 2 is 2.40 bits per heavy atom. The van der Waals surface area contributed by atoms with Gasteiger partial charge in [-0.25, -0.2) is 0 Å². The molecule has 1 aliphatic heterocycles. The number of amides is 1. The van der Waals surface area contributed by atoms with Gasteiger partial charge in [-0.2, -0.15) is 5.10 Å². The van der Waals surface area contributed by atoms with Crippen LogP contribution < -0.4 is 10.6 Å². The van der Waals surface area contributed by atoms with Gasteiger partial charge >= 0.3 is 0 Å². The van der Waals surface area contributed by atoms with Crippen molar-refractivity contribution in [3.8, 4) is 0 Å². The zero-order chi connectivity index (χ0) is 13.9. The Morgan fingerprint density at radius 3 is 3.15 bits per heavy atom. The summed E-state index contributed by atoms with van der Waals surface area (Å²) in [6, 6.07) is 0.0361. The summed E-state index contributed by atoms with van der Waals surface area (Å²) in [6.45, 7) is 1.56. The monoisotopic (exact) mass is 278 g/mol. The molecule has 20 heavy (non-hydrogen) atoms. The van der Waals surface area contributed by atoms with Gasteiger partial charge in [0.2, 0.25) is 5.91 Å². The molecule has 110 valence electrons. The summed E-state index contributed by atoms with van der Waals surface area (Å²) in [4.78, 5) is 12.2. The number of nitrogens with one attached hydrogen (secondary N) is 2. The van der Waals surface area contributed by atoms with Crippen molar-refractivity contribution in [2.75, 3.05) is 13.2 Å². The van der Waals surface area contributed by atoms with Crippen molar-refractivity contribution < 1.29 is 9.90 Å². The summed E-state index contributed by atoms with van der Waals surface area (Å²) < 4.78 is 1.86. The fraction of sp³-hybridized carbons (Fsp3) is 0.714. The summed E-state index contributed by atoms with van der Waals surface area (Å²) in [7, 11) is 0. The highest BCUT2D eigenvalue weighted by atomic mass is 16.3. The van der Waals surface area contributed by atoms with Crippen LogP contribution in [-0.2, 0) is 17.8 Å². The van der Waals surface area contributed by atoms with E-state index in [1.807, 2.05) is 10.9 Å². The summed E-state index contributed by atoms with van der Waals surface area (Å²) >= 11 is 0. The fourth-order valence-electron chi connectivity index (χ4n) is 3.24. The first kappa shape index (κ1) is 13.6. The average Bonchev–Trinajstić information content (AvgIpc) is 3.09. The van der Waals surface area contributed by atoms with Crippen molar-refractivity contribution in [3.05, 3.63) is 17.5 Å². The van der Waals surface area contributed by atoms with Crippen LogP contribution in [0.15, 0.2) is 6.20 Å². The Morgan fingerprint density at radius 1 is 1.50 bits per heavy atom. The third-order valence-corrected chi connectivity index (χ3v) is 4.27. The van der Waals surface area contributed by atoms with Crippen LogP contribution in [0.3, 0.4) is 0 Å². The quantitative estimate of drug-likeness (QED) is 0.731. The number of fused-ring (bicyclic) bond motifs is 1. The normalized spacial score (nSPS) is 25.4. The molecule has 6 nitrogen and oxygen atoms in total. The van der Waals surface area contributed by atoms with Crippen molar-refractivity contribution in [2.45, 2.75) is 50.7 Å². The Bertz CT molecular complexity index is 480. The molecule has 2 unspecified atom stereocenters. The summed E-state index contributed by atoms with van der Waals surface area (Å²) in [5.41, 5.74) is 2.28. The lowest BCUT2D eigenvalue weighted by Crippen LogP contribution is -2.42. The van der Waals surface area contributed by atoms with E-state index < -0.39 is 0 Å². The summed E-state index contributed by atoms with van der Waals surface area (Å²) in [5.74, 6) is 0.107. The second kappa shape index (κ2) is 5.93. The molecule has 6 heteroatoms. The van der Waals surface area contributed by atoms with Crippen molar-refractivity contribution in [3.63, 3.8) is 0 Å². The molecule has 0 bridgehead atoms. The zero-order valence-electron chi connectivity index (χ0n) is 11.6. The van der Waals surface area contributed by atoms with Crippen LogP contribution in [0.2, 0.25) is 0 Å². The maximum absolute atomic E-state index is 12.2. The minimum Gasteiger partial charge on any atom is -0.394 e. The molecular weight excluding hydrogens is 256 g/mol. The van der Waals surface area contributed by atoms with E-state index in [-0.39, 0.29) is 24.6 Å². The lowest BCUT2D eigenvalue weighted by atomic mass is 9.92. The van der Waals surface area contributed by atoms with E-state index in [1.54, 1.807) is 0 Å². The first-order chi connectivity index (χ1) is 9.79. The number of nitrogens with zero attached hydrogens (tertiary/aromatic N) is 2. The van der Waals surface area contributed by atoms with Gasteiger partial charge < -0.3 is 15.7 Å². The van der Waals surface area contributed by atoms with Crippen molar-refractivity contribution in [1.29, 1.82) is 0 Å². The van der Waals surface area contributed by atoms with Gasteiger partial charge in [-0.1, -0.05) is 0 Å². The molecule has 0 saturated carbocycles. The molecule has 3 rings (SSSR count). The molecule has 1 aliphatic carbocycles. The standard InChI is InChI=1S/C14H22N4O2/c19-8-7-18-13-5-1-3-11(10(13)9-16-18)17-14(20)12-4-2-6-15-12/h9,11-12,15,19H,1-8H2,(H,17,20). The maximum Gasteiger partial charge on any atom is 0.237 e. The van der Waals surface area contributed by atoms with E-state index in [0.717, 1.165) is 49.9 Å². The van der Waals surface area contributed by atoms with Gasteiger partial charge in [0, 0.05) is 11.3 Å². The third kappa shape index (κ3) is 2.58. The Labute approximate surface area is 118 Å². The van der Waals surface area contributed by atoms with Crippen molar-refractivity contribution in [2.24, 2.45) is 0 Å². The van der Waals surface area contributed by atoms with E-state index in [1.165, 1.54) is 0 Å². The minimum absolute atomic E-state index is 0.0344. The topological polar surface area (TPSA) is 79.2 Å². The SMILES string of the molecule is O=C(NC1CCCc2c1cnn2CCO)C1CCCN1. The first-order valence-corrected chi connectivity index (χ1v) is 7.49. The molecule has 0 aromatic carbocycles. The molecule has 0 radical (unpaired) electrons. The predicted molar refractivity (Wildman–Crippen MR) is 74.2 cm³/mol. The van der Waals surface area contributed by atoms with Crippen LogP contribution in [0.4, 0.5) is 0 Å². The minimum atomic E-state index is -0.0344. The fourth-order valence-corrected chi connectivity index (χ4v) is 3.24. The summed E-state index contributed by atoms with van der Waals surface area (Å²) in [5, 5.41) is 19.8. The van der Waals surface area contributed by atoms with Crippen LogP contribution in [0.5, 0.6) is 0 Å². The van der Waals surface area contributed by atoms with E-state index in [4.69, 9.17) is 5.11 Å². The highest BCUT2D eigenvalue weighted by Crippen LogP contribution is 2.29. The average molecular weight is 278 g/mol. The molecule has 1 aromatic rings. The van der Waals surface area contributed by atoms with E-state index in [2.05, 4.69) is 15.7 Å². The van der Waals surface area contributed by atoms with Gasteiger partial charge in [0.25, 0.3) is 0 Å². The van der Waals surface area contributed by atoms with Crippen LogP contribution in [0.1, 0.15) is 43.0 Å². The van der Waals surface area contributed by atoms with Gasteiger partial charge in [0.1, 0.15) is 0 Å². The molecule has 2 atom stereocenters. The number of aromatic nitrogens is 2.